The van der Waals surface area contributed by atoms with Crippen molar-refractivity contribution in [2.24, 2.45) is 0 Å². The quantitative estimate of drug-likeness (QED) is 0.435. The SMILES string of the molecule is Cc1ccc(NC(=O)C(NS(=O)(=O)c2cccc3nsnc23)c2ccccc2)c(Cl)c1. The molecule has 0 saturated carbocycles. The van der Waals surface area contributed by atoms with Gasteiger partial charge >= 0.3 is 0 Å². The minimum Gasteiger partial charge on any atom is -0.323 e. The molecule has 0 saturated heterocycles. The lowest BCUT2D eigenvalue weighted by atomic mass is 10.1. The molecule has 1 aromatic heterocycles. The molecule has 0 aliphatic heterocycles. The molecule has 0 fully saturated rings. The number of halogens is 1. The molecule has 1 atom stereocenters. The highest BCUT2D eigenvalue weighted by Gasteiger charge is 2.29. The number of aryl methyl sites for hydroxylation is 1. The topological polar surface area (TPSA) is 101 Å². The lowest BCUT2D eigenvalue weighted by Crippen LogP contribution is -2.37. The predicted molar refractivity (Wildman–Crippen MR) is 122 cm³/mol. The van der Waals surface area contributed by atoms with Crippen LogP contribution in [0.4, 0.5) is 5.69 Å². The average Bonchev–Trinajstić information content (AvgIpc) is 3.23. The zero-order valence-electron chi connectivity index (χ0n) is 16.2. The van der Waals surface area contributed by atoms with Gasteiger partial charge in [-0.2, -0.15) is 13.5 Å². The summed E-state index contributed by atoms with van der Waals surface area (Å²) >= 11 is 7.16. The van der Waals surface area contributed by atoms with Crippen LogP contribution in [0.2, 0.25) is 5.02 Å². The lowest BCUT2D eigenvalue weighted by molar-refractivity contribution is -0.117. The summed E-state index contributed by atoms with van der Waals surface area (Å²) in [4.78, 5) is 13.1. The van der Waals surface area contributed by atoms with Crippen molar-refractivity contribution in [3.8, 4) is 0 Å². The highest BCUT2D eigenvalue weighted by atomic mass is 35.5. The Labute approximate surface area is 188 Å². The van der Waals surface area contributed by atoms with E-state index in [0.717, 1.165) is 17.3 Å². The molecule has 1 heterocycles. The molecule has 7 nitrogen and oxygen atoms in total. The highest BCUT2D eigenvalue weighted by molar-refractivity contribution is 7.89. The van der Waals surface area contributed by atoms with E-state index in [9.17, 15) is 13.2 Å². The minimum atomic E-state index is -4.10. The number of aromatic nitrogens is 2. The fourth-order valence-electron chi connectivity index (χ4n) is 3.06. The fourth-order valence-corrected chi connectivity index (χ4v) is 5.29. The smallest absolute Gasteiger partial charge is 0.247 e. The summed E-state index contributed by atoms with van der Waals surface area (Å²) in [6, 6.07) is 17.3. The van der Waals surface area contributed by atoms with Crippen molar-refractivity contribution < 1.29 is 13.2 Å². The molecule has 0 radical (unpaired) electrons. The summed E-state index contributed by atoms with van der Waals surface area (Å²) in [6.07, 6.45) is 0. The van der Waals surface area contributed by atoms with Gasteiger partial charge in [0.05, 0.1) is 22.4 Å². The largest absolute Gasteiger partial charge is 0.323 e. The van der Waals surface area contributed by atoms with Gasteiger partial charge in [0.25, 0.3) is 0 Å². The number of benzene rings is 3. The van der Waals surface area contributed by atoms with Gasteiger partial charge in [-0.25, -0.2) is 8.42 Å². The van der Waals surface area contributed by atoms with Gasteiger partial charge in [-0.3, -0.25) is 4.79 Å². The molecule has 4 rings (SSSR count). The Bertz CT molecular complexity index is 1360. The van der Waals surface area contributed by atoms with E-state index in [1.165, 1.54) is 6.07 Å². The zero-order valence-corrected chi connectivity index (χ0v) is 18.6. The van der Waals surface area contributed by atoms with Crippen LogP contribution >= 0.6 is 23.3 Å². The van der Waals surface area contributed by atoms with Crippen molar-refractivity contribution in [3.05, 3.63) is 82.9 Å². The standard InChI is InChI=1S/C21H17ClN4O3S2/c1-13-10-11-16(15(22)12-13)23-21(27)19(14-6-3-2-4-7-14)26-31(28,29)18-9-5-8-17-20(18)25-30-24-17/h2-12,19,26H,1H3,(H,23,27). The van der Waals surface area contributed by atoms with Gasteiger partial charge < -0.3 is 5.32 Å². The summed E-state index contributed by atoms with van der Waals surface area (Å²) in [6.45, 7) is 1.88. The zero-order chi connectivity index (χ0) is 22.0. The molecule has 0 aliphatic carbocycles. The summed E-state index contributed by atoms with van der Waals surface area (Å²) < 4.78 is 37.1. The van der Waals surface area contributed by atoms with Crippen molar-refractivity contribution >= 4 is 56.0 Å². The summed E-state index contributed by atoms with van der Waals surface area (Å²) in [5, 5.41) is 3.08. The molecule has 0 aliphatic rings. The Morgan fingerprint density at radius 2 is 1.81 bits per heavy atom. The van der Waals surface area contributed by atoms with E-state index in [1.54, 1.807) is 60.7 Å². The monoisotopic (exact) mass is 472 g/mol. The number of nitrogens with zero attached hydrogens (tertiary/aromatic N) is 2. The first-order valence-corrected chi connectivity index (χ1v) is 11.8. The number of carbonyl (C=O) groups is 1. The van der Waals surface area contributed by atoms with E-state index >= 15 is 0 Å². The number of anilines is 1. The van der Waals surface area contributed by atoms with E-state index in [-0.39, 0.29) is 10.4 Å². The lowest BCUT2D eigenvalue weighted by Gasteiger charge is -2.19. The maximum absolute atomic E-state index is 13.2. The Balaban J connectivity index is 1.70. The number of carbonyl (C=O) groups excluding carboxylic acids is 1. The summed E-state index contributed by atoms with van der Waals surface area (Å²) in [7, 11) is -4.10. The van der Waals surface area contributed by atoms with Crippen LogP contribution < -0.4 is 10.0 Å². The molecule has 0 bridgehead atoms. The molecule has 10 heteroatoms. The number of fused-ring (bicyclic) bond motifs is 1. The molecule has 158 valence electrons. The molecule has 1 unspecified atom stereocenters. The van der Waals surface area contributed by atoms with Crippen LogP contribution in [0.3, 0.4) is 0 Å². The first kappa shape index (κ1) is 21.4. The van der Waals surface area contributed by atoms with Crippen molar-refractivity contribution in [3.63, 3.8) is 0 Å². The number of sulfonamides is 1. The van der Waals surface area contributed by atoms with Crippen molar-refractivity contribution in [2.75, 3.05) is 5.32 Å². The molecule has 0 spiro atoms. The third-order valence-corrected chi connectivity index (χ3v) is 6.90. The van der Waals surface area contributed by atoms with Crippen molar-refractivity contribution in [2.45, 2.75) is 17.9 Å². The van der Waals surface area contributed by atoms with Crippen LogP contribution in [0.1, 0.15) is 17.2 Å². The van der Waals surface area contributed by atoms with Crippen LogP contribution in [-0.4, -0.2) is 23.1 Å². The van der Waals surface area contributed by atoms with Crippen LogP contribution in [-0.2, 0) is 14.8 Å². The summed E-state index contributed by atoms with van der Waals surface area (Å²) in [5.74, 6) is -0.566. The van der Waals surface area contributed by atoms with Gasteiger partial charge in [0.1, 0.15) is 22.0 Å². The third kappa shape index (κ3) is 4.59. The van der Waals surface area contributed by atoms with E-state index in [0.29, 0.717) is 21.8 Å². The van der Waals surface area contributed by atoms with E-state index in [2.05, 4.69) is 18.8 Å². The van der Waals surface area contributed by atoms with Crippen molar-refractivity contribution in [1.82, 2.24) is 13.5 Å². The maximum Gasteiger partial charge on any atom is 0.247 e. The number of amides is 1. The van der Waals surface area contributed by atoms with Crippen LogP contribution in [0.25, 0.3) is 11.0 Å². The second-order valence-corrected chi connectivity index (χ2v) is 9.44. The van der Waals surface area contributed by atoms with Gasteiger partial charge in [-0.05, 0) is 42.3 Å². The van der Waals surface area contributed by atoms with Crippen LogP contribution in [0, 0.1) is 6.92 Å². The van der Waals surface area contributed by atoms with Gasteiger partial charge in [-0.1, -0.05) is 54.1 Å². The average molecular weight is 473 g/mol. The molecule has 31 heavy (non-hydrogen) atoms. The Morgan fingerprint density at radius 3 is 2.55 bits per heavy atom. The first-order valence-electron chi connectivity index (χ1n) is 9.21. The minimum absolute atomic E-state index is 0.0409. The third-order valence-electron chi connectivity index (χ3n) is 4.59. The molecule has 2 N–H and O–H groups in total. The first-order chi connectivity index (χ1) is 14.8. The molecular formula is C21H17ClN4O3S2. The second-order valence-electron chi connectivity index (χ2n) is 6.83. The van der Waals surface area contributed by atoms with Crippen LogP contribution in [0.5, 0.6) is 0 Å². The number of nitrogens with one attached hydrogen (secondary N) is 2. The van der Waals surface area contributed by atoms with Crippen molar-refractivity contribution in [1.29, 1.82) is 0 Å². The Kier molecular flexibility index (Phi) is 6.01. The normalized spacial score (nSPS) is 12.6. The van der Waals surface area contributed by atoms with Gasteiger partial charge in [0.15, 0.2) is 0 Å². The number of rotatable bonds is 6. The van der Waals surface area contributed by atoms with Gasteiger partial charge in [-0.15, -0.1) is 0 Å². The fraction of sp³-hybridized carbons (Fsp3) is 0.0952. The van der Waals surface area contributed by atoms with E-state index < -0.39 is 22.0 Å². The second kappa shape index (κ2) is 8.72. The van der Waals surface area contributed by atoms with E-state index in [4.69, 9.17) is 11.6 Å². The number of hydrogen-bond acceptors (Lipinski definition) is 6. The molecule has 3 aromatic carbocycles. The van der Waals surface area contributed by atoms with E-state index in [1.807, 2.05) is 6.92 Å². The van der Waals surface area contributed by atoms with Crippen LogP contribution in [0.15, 0.2) is 71.6 Å². The highest BCUT2D eigenvalue weighted by Crippen LogP contribution is 2.27. The molecule has 1 amide bonds. The van der Waals surface area contributed by atoms with Gasteiger partial charge in [0, 0.05) is 0 Å². The van der Waals surface area contributed by atoms with Gasteiger partial charge in [0.2, 0.25) is 15.9 Å². The molecule has 4 aromatic rings. The number of hydrogen-bond donors (Lipinski definition) is 2. The Hall–Kier alpha value is -2.85. The Morgan fingerprint density at radius 1 is 1.03 bits per heavy atom. The summed E-state index contributed by atoms with van der Waals surface area (Å²) in [5.41, 5.74) is 2.54. The maximum atomic E-state index is 13.2. The molecular weight excluding hydrogens is 456 g/mol. The predicted octanol–water partition coefficient (Wildman–Crippen LogP) is 4.31.